The number of hydrogen-bond acceptors (Lipinski definition) is 2. The van der Waals surface area contributed by atoms with Gasteiger partial charge in [-0.15, -0.1) is 0 Å². The van der Waals surface area contributed by atoms with Crippen molar-refractivity contribution >= 4 is 0 Å². The predicted octanol–water partition coefficient (Wildman–Crippen LogP) is 2.11. The highest BCUT2D eigenvalue weighted by Gasteiger charge is 1.93. The molecule has 2 nitrogen and oxygen atoms in total. The smallest absolute Gasteiger partial charge is 0.00219 e. The van der Waals surface area contributed by atoms with Crippen molar-refractivity contribution in [3.63, 3.8) is 0 Å². The van der Waals surface area contributed by atoms with Crippen LogP contribution >= 0.6 is 0 Å². The second-order valence-corrected chi connectivity index (χ2v) is 3.66. The molecule has 0 amide bonds. The fourth-order valence-electron chi connectivity index (χ4n) is 1.32. The molecule has 0 bridgehead atoms. The molecule has 0 saturated carbocycles. The Bertz CT molecular complexity index is 94.1. The topological polar surface area (TPSA) is 15.3 Å². The van der Waals surface area contributed by atoms with Gasteiger partial charge in [-0.3, -0.25) is 0 Å². The van der Waals surface area contributed by atoms with Crippen LogP contribution in [-0.4, -0.2) is 38.1 Å². The van der Waals surface area contributed by atoms with E-state index in [1.54, 1.807) is 0 Å². The Morgan fingerprint density at radius 3 is 2.31 bits per heavy atom. The molecule has 0 saturated heterocycles. The first-order valence-corrected chi connectivity index (χ1v) is 5.70. The first-order chi connectivity index (χ1) is 6.31. The molecule has 0 heterocycles. The van der Waals surface area contributed by atoms with E-state index >= 15 is 0 Å². The van der Waals surface area contributed by atoms with Crippen LogP contribution < -0.4 is 5.32 Å². The highest BCUT2D eigenvalue weighted by atomic mass is 15.1. The van der Waals surface area contributed by atoms with E-state index in [9.17, 15) is 0 Å². The lowest BCUT2D eigenvalue weighted by molar-refractivity contribution is 0.341. The minimum absolute atomic E-state index is 1.11. The van der Waals surface area contributed by atoms with Crippen molar-refractivity contribution in [2.75, 3.05) is 33.2 Å². The molecule has 0 spiro atoms. The Hall–Kier alpha value is -0.0800. The fraction of sp³-hybridized carbons (Fsp3) is 1.00. The van der Waals surface area contributed by atoms with Gasteiger partial charge in [-0.05, 0) is 46.1 Å². The van der Waals surface area contributed by atoms with Gasteiger partial charge in [-0.1, -0.05) is 26.7 Å². The Morgan fingerprint density at radius 1 is 1.00 bits per heavy atom. The van der Waals surface area contributed by atoms with Gasteiger partial charge in [0, 0.05) is 0 Å². The third-order valence-corrected chi connectivity index (χ3v) is 2.43. The minimum atomic E-state index is 1.11. The molecular weight excluding hydrogens is 160 g/mol. The quantitative estimate of drug-likeness (QED) is 0.555. The maximum absolute atomic E-state index is 3.35. The Labute approximate surface area is 83.7 Å². The van der Waals surface area contributed by atoms with Crippen LogP contribution in [0.15, 0.2) is 0 Å². The average molecular weight is 186 g/mol. The zero-order valence-corrected chi connectivity index (χ0v) is 9.60. The van der Waals surface area contributed by atoms with Gasteiger partial charge in [0.25, 0.3) is 0 Å². The molecule has 2 heteroatoms. The highest BCUT2D eigenvalue weighted by molar-refractivity contribution is 4.50. The average Bonchev–Trinajstić information content (AvgIpc) is 2.16. The monoisotopic (exact) mass is 186 g/mol. The summed E-state index contributed by atoms with van der Waals surface area (Å²) in [5, 5.41) is 3.35. The highest BCUT2D eigenvalue weighted by Crippen LogP contribution is 1.99. The van der Waals surface area contributed by atoms with Crippen molar-refractivity contribution in [2.45, 2.75) is 39.5 Å². The summed E-state index contributed by atoms with van der Waals surface area (Å²) in [4.78, 5) is 2.38. The molecule has 0 aromatic heterocycles. The second-order valence-electron chi connectivity index (χ2n) is 3.66. The summed E-state index contributed by atoms with van der Waals surface area (Å²) in [5.74, 6) is 0. The van der Waals surface area contributed by atoms with Crippen LogP contribution in [0.4, 0.5) is 0 Å². The van der Waals surface area contributed by atoms with Crippen molar-refractivity contribution in [3.8, 4) is 0 Å². The molecule has 0 aromatic carbocycles. The summed E-state index contributed by atoms with van der Waals surface area (Å²) < 4.78 is 0. The number of rotatable bonds is 9. The number of nitrogens with one attached hydrogen (secondary N) is 1. The van der Waals surface area contributed by atoms with E-state index in [1.165, 1.54) is 45.3 Å². The van der Waals surface area contributed by atoms with Crippen molar-refractivity contribution in [3.05, 3.63) is 0 Å². The van der Waals surface area contributed by atoms with E-state index in [1.807, 2.05) is 0 Å². The predicted molar refractivity (Wildman–Crippen MR) is 60.2 cm³/mol. The summed E-state index contributed by atoms with van der Waals surface area (Å²) in [6.07, 6.45) is 5.46. The van der Waals surface area contributed by atoms with E-state index in [4.69, 9.17) is 0 Å². The number of unbranched alkanes of at least 4 members (excludes halogenated alkanes) is 3. The molecule has 0 aliphatic rings. The van der Waals surface area contributed by atoms with Gasteiger partial charge in [0.15, 0.2) is 0 Å². The van der Waals surface area contributed by atoms with E-state index in [0.717, 1.165) is 6.54 Å². The Balaban J connectivity index is 2.91. The molecular formula is C11H26N2. The lowest BCUT2D eigenvalue weighted by Gasteiger charge is -2.12. The van der Waals surface area contributed by atoms with Crippen LogP contribution in [0.2, 0.25) is 0 Å². The molecule has 0 rings (SSSR count). The third kappa shape index (κ3) is 9.84. The summed E-state index contributed by atoms with van der Waals surface area (Å²) >= 11 is 0. The number of nitrogens with zero attached hydrogens (tertiary/aromatic N) is 1. The normalized spacial score (nSPS) is 11.1. The Kier molecular flexibility index (Phi) is 9.94. The van der Waals surface area contributed by atoms with Crippen LogP contribution in [0.1, 0.15) is 39.5 Å². The van der Waals surface area contributed by atoms with Gasteiger partial charge in [0.2, 0.25) is 0 Å². The van der Waals surface area contributed by atoms with Gasteiger partial charge in [0.1, 0.15) is 0 Å². The molecule has 0 radical (unpaired) electrons. The minimum Gasteiger partial charge on any atom is -0.317 e. The van der Waals surface area contributed by atoms with Gasteiger partial charge in [-0.25, -0.2) is 0 Å². The van der Waals surface area contributed by atoms with Crippen LogP contribution in [-0.2, 0) is 0 Å². The van der Waals surface area contributed by atoms with Gasteiger partial charge in [0.05, 0.1) is 0 Å². The van der Waals surface area contributed by atoms with Crippen molar-refractivity contribution < 1.29 is 0 Å². The van der Waals surface area contributed by atoms with E-state index < -0.39 is 0 Å². The molecule has 0 aliphatic carbocycles. The first kappa shape index (κ1) is 12.9. The van der Waals surface area contributed by atoms with E-state index in [2.05, 4.69) is 31.1 Å². The zero-order valence-electron chi connectivity index (χ0n) is 9.60. The van der Waals surface area contributed by atoms with Crippen molar-refractivity contribution in [2.24, 2.45) is 0 Å². The Morgan fingerprint density at radius 2 is 1.69 bits per heavy atom. The standard InChI is InChI=1S/C11H26N2/c1-4-12-10-8-6-7-9-11-13(3)5-2/h12H,4-11H2,1-3H3. The van der Waals surface area contributed by atoms with Gasteiger partial charge >= 0.3 is 0 Å². The summed E-state index contributed by atoms with van der Waals surface area (Å²) in [7, 11) is 2.19. The molecule has 0 fully saturated rings. The van der Waals surface area contributed by atoms with Gasteiger partial charge < -0.3 is 10.2 Å². The lowest BCUT2D eigenvalue weighted by atomic mass is 10.2. The first-order valence-electron chi connectivity index (χ1n) is 5.70. The largest absolute Gasteiger partial charge is 0.317 e. The lowest BCUT2D eigenvalue weighted by Crippen LogP contribution is -2.18. The molecule has 1 N–H and O–H groups in total. The van der Waals surface area contributed by atoms with Crippen LogP contribution in [0, 0.1) is 0 Å². The van der Waals surface area contributed by atoms with Crippen LogP contribution in [0.25, 0.3) is 0 Å². The summed E-state index contributed by atoms with van der Waals surface area (Å²) in [6, 6.07) is 0. The van der Waals surface area contributed by atoms with E-state index in [0.29, 0.717) is 0 Å². The molecule has 0 unspecified atom stereocenters. The summed E-state index contributed by atoms with van der Waals surface area (Å²) in [6.45, 7) is 9.12. The maximum Gasteiger partial charge on any atom is -0.00219 e. The molecule has 0 aromatic rings. The van der Waals surface area contributed by atoms with Crippen molar-refractivity contribution in [1.82, 2.24) is 10.2 Å². The SMILES string of the molecule is CCNCCCCCCN(C)CC. The van der Waals surface area contributed by atoms with Crippen LogP contribution in [0.3, 0.4) is 0 Å². The van der Waals surface area contributed by atoms with Crippen LogP contribution in [0.5, 0.6) is 0 Å². The number of hydrogen-bond donors (Lipinski definition) is 1. The second kappa shape index (κ2) is 10.0. The van der Waals surface area contributed by atoms with Gasteiger partial charge in [-0.2, -0.15) is 0 Å². The van der Waals surface area contributed by atoms with E-state index in [-0.39, 0.29) is 0 Å². The third-order valence-electron chi connectivity index (χ3n) is 2.43. The molecule has 0 atom stereocenters. The molecule has 0 aliphatic heterocycles. The zero-order chi connectivity index (χ0) is 9.94. The summed E-state index contributed by atoms with van der Waals surface area (Å²) in [5.41, 5.74) is 0. The fourth-order valence-corrected chi connectivity index (χ4v) is 1.32. The molecule has 13 heavy (non-hydrogen) atoms. The molecule has 80 valence electrons. The maximum atomic E-state index is 3.35. The van der Waals surface area contributed by atoms with Crippen molar-refractivity contribution in [1.29, 1.82) is 0 Å².